The number of sulfonamides is 1. The van der Waals surface area contributed by atoms with Crippen LogP contribution < -0.4 is 9.21 Å². The molecule has 5 rings (SSSR count). The van der Waals surface area contributed by atoms with Gasteiger partial charge in [-0.15, -0.1) is 0 Å². The summed E-state index contributed by atoms with van der Waals surface area (Å²) < 4.78 is 31.1. The third-order valence-electron chi connectivity index (χ3n) is 5.92. The fraction of sp³-hybridized carbons (Fsp3) is 0.0714. The Morgan fingerprint density at radius 3 is 2.11 bits per heavy atom. The number of benzene rings is 4. The third-order valence-corrected chi connectivity index (χ3v) is 7.72. The Morgan fingerprint density at radius 1 is 0.778 bits per heavy atom. The lowest BCUT2D eigenvalue weighted by molar-refractivity contribution is 0.248. The van der Waals surface area contributed by atoms with Gasteiger partial charge in [-0.1, -0.05) is 72.8 Å². The second-order valence-corrected chi connectivity index (χ2v) is 10.1. The Hall–Kier alpha value is -4.43. The topological polar surface area (TPSA) is 75.5 Å². The van der Waals surface area contributed by atoms with Gasteiger partial charge in [0.1, 0.15) is 4.90 Å². The number of fused-ring (bicyclic) bond motifs is 1. The lowest BCUT2D eigenvalue weighted by Gasteiger charge is -2.25. The molecule has 180 valence electrons. The Bertz CT molecular complexity index is 1630. The minimum absolute atomic E-state index is 0.0549. The summed E-state index contributed by atoms with van der Waals surface area (Å²) in [5.41, 5.74) is 2.33. The number of aromatic nitrogens is 2. The van der Waals surface area contributed by atoms with Crippen molar-refractivity contribution < 1.29 is 13.2 Å². The predicted octanol–water partition coefficient (Wildman–Crippen LogP) is 5.63. The standard InChI is InChI=1S/C28H24N4O3S/c1-30(2)26-16-9-15-25-24(26)18-17-23(21-11-5-3-6-12-21)27(25)36(34,35)32(22-13-7-4-8-14-22)28(33)31-20-10-19-29-31/h3-20H,1-2H3. The van der Waals surface area contributed by atoms with E-state index < -0.39 is 16.1 Å². The molecule has 0 radical (unpaired) electrons. The van der Waals surface area contributed by atoms with E-state index in [2.05, 4.69) is 5.10 Å². The van der Waals surface area contributed by atoms with Gasteiger partial charge in [0, 0.05) is 48.5 Å². The lowest BCUT2D eigenvalue weighted by Crippen LogP contribution is -2.40. The molecule has 0 saturated heterocycles. The van der Waals surface area contributed by atoms with Crippen molar-refractivity contribution in [1.29, 1.82) is 0 Å². The molecule has 0 fully saturated rings. The van der Waals surface area contributed by atoms with Crippen LogP contribution in [0.3, 0.4) is 0 Å². The number of hydrogen-bond acceptors (Lipinski definition) is 5. The van der Waals surface area contributed by atoms with Gasteiger partial charge >= 0.3 is 6.03 Å². The van der Waals surface area contributed by atoms with Crippen LogP contribution in [-0.4, -0.2) is 38.3 Å². The molecule has 4 aromatic carbocycles. The summed E-state index contributed by atoms with van der Waals surface area (Å²) in [6.45, 7) is 0. The molecule has 0 N–H and O–H groups in total. The van der Waals surface area contributed by atoms with E-state index in [1.165, 1.54) is 12.4 Å². The quantitative estimate of drug-likeness (QED) is 0.315. The molecule has 0 aliphatic rings. The molecule has 0 aliphatic heterocycles. The molecule has 1 aromatic heterocycles. The zero-order valence-corrected chi connectivity index (χ0v) is 20.6. The number of carbonyl (C=O) groups excluding carboxylic acids is 1. The predicted molar refractivity (Wildman–Crippen MR) is 143 cm³/mol. The van der Waals surface area contributed by atoms with E-state index >= 15 is 0 Å². The number of carbonyl (C=O) groups is 1. The zero-order chi connectivity index (χ0) is 25.3. The van der Waals surface area contributed by atoms with Crippen molar-refractivity contribution in [3.8, 4) is 11.1 Å². The van der Waals surface area contributed by atoms with E-state index in [1.807, 2.05) is 67.5 Å². The maximum absolute atomic E-state index is 14.6. The maximum atomic E-state index is 14.6. The highest BCUT2D eigenvalue weighted by Crippen LogP contribution is 2.39. The fourth-order valence-corrected chi connectivity index (χ4v) is 6.10. The Kier molecular flexibility index (Phi) is 6.03. The monoisotopic (exact) mass is 496 g/mol. The summed E-state index contributed by atoms with van der Waals surface area (Å²) in [4.78, 5) is 15.6. The highest BCUT2D eigenvalue weighted by atomic mass is 32.2. The molecular formula is C28H24N4O3S. The number of rotatable bonds is 5. The Balaban J connectivity index is 1.86. The summed E-state index contributed by atoms with van der Waals surface area (Å²) in [6, 6.07) is 27.7. The highest BCUT2D eigenvalue weighted by Gasteiger charge is 2.36. The largest absolute Gasteiger partial charge is 0.377 e. The molecule has 0 atom stereocenters. The SMILES string of the molecule is CN(C)c1cccc2c(S(=O)(=O)N(C(=O)n3cccn3)c3ccccc3)c(-c3ccccc3)ccc12. The number of para-hydroxylation sites is 1. The lowest BCUT2D eigenvalue weighted by atomic mass is 10.00. The van der Waals surface area contributed by atoms with E-state index in [0.717, 1.165) is 25.6 Å². The third kappa shape index (κ3) is 4.01. The maximum Gasteiger partial charge on any atom is 0.363 e. The number of anilines is 2. The second kappa shape index (κ2) is 9.31. The first-order chi connectivity index (χ1) is 17.4. The van der Waals surface area contributed by atoms with Crippen molar-refractivity contribution in [3.63, 3.8) is 0 Å². The molecule has 0 spiro atoms. The molecule has 0 saturated carbocycles. The number of nitrogens with zero attached hydrogens (tertiary/aromatic N) is 4. The van der Waals surface area contributed by atoms with Crippen LogP contribution in [0.15, 0.2) is 114 Å². The molecule has 36 heavy (non-hydrogen) atoms. The Morgan fingerprint density at radius 2 is 1.47 bits per heavy atom. The van der Waals surface area contributed by atoms with Gasteiger partial charge < -0.3 is 4.90 Å². The zero-order valence-electron chi connectivity index (χ0n) is 19.8. The van der Waals surface area contributed by atoms with Gasteiger partial charge in [-0.3, -0.25) is 0 Å². The average Bonchev–Trinajstić information content (AvgIpc) is 3.44. The van der Waals surface area contributed by atoms with Crippen molar-refractivity contribution in [2.24, 2.45) is 0 Å². The van der Waals surface area contributed by atoms with Gasteiger partial charge in [0.15, 0.2) is 0 Å². The van der Waals surface area contributed by atoms with Gasteiger partial charge in [-0.05, 0) is 29.8 Å². The van der Waals surface area contributed by atoms with Crippen LogP contribution in [0.2, 0.25) is 0 Å². The van der Waals surface area contributed by atoms with E-state index in [0.29, 0.717) is 10.9 Å². The Labute approximate surface area is 209 Å². The number of hydrogen-bond donors (Lipinski definition) is 0. The van der Waals surface area contributed by atoms with Crippen LogP contribution in [0.5, 0.6) is 0 Å². The van der Waals surface area contributed by atoms with Crippen LogP contribution >= 0.6 is 0 Å². The molecule has 5 aromatic rings. The summed E-state index contributed by atoms with van der Waals surface area (Å²) in [6.07, 6.45) is 2.86. The average molecular weight is 497 g/mol. The fourth-order valence-electron chi connectivity index (χ4n) is 4.31. The van der Waals surface area contributed by atoms with Crippen LogP contribution in [0.1, 0.15) is 0 Å². The van der Waals surface area contributed by atoms with Crippen molar-refractivity contribution in [1.82, 2.24) is 9.78 Å². The smallest absolute Gasteiger partial charge is 0.363 e. The molecule has 0 aliphatic carbocycles. The summed E-state index contributed by atoms with van der Waals surface area (Å²) in [5.74, 6) is 0. The molecule has 0 unspecified atom stereocenters. The normalized spacial score (nSPS) is 11.4. The summed E-state index contributed by atoms with van der Waals surface area (Å²) >= 11 is 0. The van der Waals surface area contributed by atoms with Crippen LogP contribution in [-0.2, 0) is 10.0 Å². The summed E-state index contributed by atoms with van der Waals surface area (Å²) in [7, 11) is -0.606. The van der Waals surface area contributed by atoms with Crippen molar-refractivity contribution in [2.45, 2.75) is 4.90 Å². The van der Waals surface area contributed by atoms with Crippen molar-refractivity contribution >= 4 is 38.2 Å². The first kappa shape index (κ1) is 23.3. The van der Waals surface area contributed by atoms with E-state index in [1.54, 1.807) is 48.5 Å². The molecular weight excluding hydrogens is 472 g/mol. The first-order valence-corrected chi connectivity index (χ1v) is 12.8. The van der Waals surface area contributed by atoms with Gasteiger partial charge in [-0.25, -0.2) is 13.2 Å². The van der Waals surface area contributed by atoms with Gasteiger partial charge in [-0.2, -0.15) is 14.1 Å². The molecule has 1 heterocycles. The number of amides is 1. The first-order valence-electron chi connectivity index (χ1n) is 11.3. The van der Waals surface area contributed by atoms with E-state index in [9.17, 15) is 13.2 Å². The molecule has 7 nitrogen and oxygen atoms in total. The van der Waals surface area contributed by atoms with Gasteiger partial charge in [0.05, 0.1) is 5.69 Å². The molecule has 1 amide bonds. The second-order valence-electron chi connectivity index (χ2n) is 8.41. The van der Waals surface area contributed by atoms with Gasteiger partial charge in [0.2, 0.25) is 0 Å². The highest BCUT2D eigenvalue weighted by molar-refractivity contribution is 7.94. The molecule has 8 heteroatoms. The minimum Gasteiger partial charge on any atom is -0.377 e. The summed E-state index contributed by atoms with van der Waals surface area (Å²) in [5, 5.41) is 5.29. The van der Waals surface area contributed by atoms with E-state index in [4.69, 9.17) is 0 Å². The van der Waals surface area contributed by atoms with Crippen LogP contribution in [0.4, 0.5) is 16.2 Å². The van der Waals surface area contributed by atoms with E-state index in [-0.39, 0.29) is 10.6 Å². The minimum atomic E-state index is -4.42. The van der Waals surface area contributed by atoms with Crippen molar-refractivity contribution in [2.75, 3.05) is 23.3 Å². The van der Waals surface area contributed by atoms with Crippen LogP contribution in [0, 0.1) is 0 Å². The van der Waals surface area contributed by atoms with Crippen molar-refractivity contribution in [3.05, 3.63) is 109 Å². The van der Waals surface area contributed by atoms with Crippen LogP contribution in [0.25, 0.3) is 21.9 Å². The van der Waals surface area contributed by atoms with Gasteiger partial charge in [0.25, 0.3) is 10.0 Å². The molecule has 0 bridgehead atoms.